The molecule has 8 heteroatoms. The molecule has 0 bridgehead atoms. The van der Waals surface area contributed by atoms with Crippen molar-refractivity contribution in [1.82, 2.24) is 9.97 Å². The van der Waals surface area contributed by atoms with Crippen molar-refractivity contribution in [3.8, 4) is 0 Å². The van der Waals surface area contributed by atoms with Crippen LogP contribution in [-0.4, -0.2) is 20.9 Å². The van der Waals surface area contributed by atoms with Crippen LogP contribution in [0.2, 0.25) is 0 Å². The quantitative estimate of drug-likeness (QED) is 0.406. The summed E-state index contributed by atoms with van der Waals surface area (Å²) in [7, 11) is 0. The van der Waals surface area contributed by atoms with E-state index in [1.165, 1.54) is 12.7 Å². The largest absolute Gasteiger partial charge is 0.361 e. The number of aromatic nitrogens is 2. The van der Waals surface area contributed by atoms with Crippen LogP contribution >= 0.6 is 22.6 Å². The maximum Gasteiger partial charge on any atom is 0.353 e. The van der Waals surface area contributed by atoms with Gasteiger partial charge in [-0.15, -0.1) is 0 Å². The first-order valence-corrected chi connectivity index (χ1v) is 9.00. The van der Waals surface area contributed by atoms with Crippen molar-refractivity contribution in [3.63, 3.8) is 0 Å². The van der Waals surface area contributed by atoms with Gasteiger partial charge in [-0.25, -0.2) is 9.97 Å². The zero-order chi connectivity index (χ0) is 16.9. The molecular formula is C16H18IN5O2. The Morgan fingerprint density at radius 1 is 1.08 bits per heavy atom. The Morgan fingerprint density at radius 2 is 1.75 bits per heavy atom. The van der Waals surface area contributed by atoms with E-state index < -0.39 is 4.92 Å². The molecule has 0 atom stereocenters. The van der Waals surface area contributed by atoms with Gasteiger partial charge >= 0.3 is 5.69 Å². The van der Waals surface area contributed by atoms with Crippen LogP contribution in [0.1, 0.15) is 32.1 Å². The second-order valence-corrected chi connectivity index (χ2v) is 7.03. The van der Waals surface area contributed by atoms with E-state index in [0.29, 0.717) is 0 Å². The Morgan fingerprint density at radius 3 is 2.42 bits per heavy atom. The smallest absolute Gasteiger partial charge is 0.353 e. The summed E-state index contributed by atoms with van der Waals surface area (Å²) in [5, 5.41) is 17.8. The molecule has 0 saturated heterocycles. The fourth-order valence-corrected chi connectivity index (χ4v) is 3.22. The number of nitro groups is 1. The third-order valence-corrected chi connectivity index (χ3v) is 4.78. The molecule has 7 nitrogen and oxygen atoms in total. The second kappa shape index (κ2) is 7.73. The predicted molar refractivity (Wildman–Crippen MR) is 102 cm³/mol. The molecule has 0 radical (unpaired) electrons. The van der Waals surface area contributed by atoms with Crippen molar-refractivity contribution >= 4 is 45.6 Å². The molecule has 0 unspecified atom stereocenters. The van der Waals surface area contributed by atoms with Crippen molar-refractivity contribution in [2.45, 2.75) is 38.1 Å². The van der Waals surface area contributed by atoms with Crippen molar-refractivity contribution in [2.75, 3.05) is 10.6 Å². The lowest BCUT2D eigenvalue weighted by Gasteiger charge is -2.23. The van der Waals surface area contributed by atoms with Gasteiger partial charge in [0.15, 0.2) is 0 Å². The monoisotopic (exact) mass is 439 g/mol. The second-order valence-electron chi connectivity index (χ2n) is 5.79. The van der Waals surface area contributed by atoms with Gasteiger partial charge < -0.3 is 10.6 Å². The molecule has 24 heavy (non-hydrogen) atoms. The SMILES string of the molecule is O=[N+]([O-])c1c(Nc2ccc(I)cc2)ncnc1NC1CCCCC1. The van der Waals surface area contributed by atoms with Gasteiger partial charge in [0, 0.05) is 15.3 Å². The summed E-state index contributed by atoms with van der Waals surface area (Å²) in [4.78, 5) is 19.3. The van der Waals surface area contributed by atoms with E-state index >= 15 is 0 Å². The molecule has 1 fully saturated rings. The van der Waals surface area contributed by atoms with E-state index in [2.05, 4.69) is 43.2 Å². The summed E-state index contributed by atoms with van der Waals surface area (Å²) in [6.07, 6.45) is 6.90. The average molecular weight is 439 g/mol. The molecule has 1 heterocycles. The normalized spacial score (nSPS) is 15.0. The maximum atomic E-state index is 11.6. The summed E-state index contributed by atoms with van der Waals surface area (Å²) in [5.74, 6) is 0.490. The maximum absolute atomic E-state index is 11.6. The first-order chi connectivity index (χ1) is 11.6. The summed E-state index contributed by atoms with van der Waals surface area (Å²) in [5.41, 5.74) is 0.641. The van der Waals surface area contributed by atoms with Crippen LogP contribution in [0.3, 0.4) is 0 Å². The zero-order valence-corrected chi connectivity index (χ0v) is 15.2. The van der Waals surface area contributed by atoms with E-state index in [0.717, 1.165) is 34.9 Å². The number of nitrogens with zero attached hydrogens (tertiary/aromatic N) is 3. The van der Waals surface area contributed by atoms with Crippen LogP contribution < -0.4 is 10.6 Å². The van der Waals surface area contributed by atoms with E-state index in [4.69, 9.17) is 0 Å². The number of hydrogen-bond acceptors (Lipinski definition) is 6. The molecule has 2 aromatic rings. The fraction of sp³-hybridized carbons (Fsp3) is 0.375. The Labute approximate surface area is 153 Å². The molecule has 1 aliphatic carbocycles. The number of benzene rings is 1. The highest BCUT2D eigenvalue weighted by atomic mass is 127. The van der Waals surface area contributed by atoms with Gasteiger partial charge in [-0.05, 0) is 59.7 Å². The predicted octanol–water partition coefficient (Wildman–Crippen LogP) is 4.48. The minimum Gasteiger partial charge on any atom is -0.361 e. The van der Waals surface area contributed by atoms with Crippen LogP contribution in [0, 0.1) is 13.7 Å². The lowest BCUT2D eigenvalue weighted by atomic mass is 9.95. The van der Waals surface area contributed by atoms with Crippen LogP contribution in [0.15, 0.2) is 30.6 Å². The molecule has 1 aromatic heterocycles. The van der Waals surface area contributed by atoms with Crippen LogP contribution in [0.4, 0.5) is 23.0 Å². The number of halogens is 1. The summed E-state index contributed by atoms with van der Waals surface area (Å²) < 4.78 is 1.09. The lowest BCUT2D eigenvalue weighted by Crippen LogP contribution is -2.23. The van der Waals surface area contributed by atoms with E-state index in [1.807, 2.05) is 24.3 Å². The van der Waals surface area contributed by atoms with Crippen molar-refractivity contribution in [2.24, 2.45) is 0 Å². The van der Waals surface area contributed by atoms with Gasteiger partial charge in [0.1, 0.15) is 6.33 Å². The van der Waals surface area contributed by atoms with Gasteiger partial charge in [-0.1, -0.05) is 19.3 Å². The van der Waals surface area contributed by atoms with Gasteiger partial charge in [-0.2, -0.15) is 0 Å². The molecular weight excluding hydrogens is 421 g/mol. The summed E-state index contributed by atoms with van der Waals surface area (Å²) in [6.45, 7) is 0. The van der Waals surface area contributed by atoms with Crippen LogP contribution in [0.25, 0.3) is 0 Å². The van der Waals surface area contributed by atoms with Gasteiger partial charge in [-0.3, -0.25) is 10.1 Å². The zero-order valence-electron chi connectivity index (χ0n) is 13.0. The van der Waals surface area contributed by atoms with Gasteiger partial charge in [0.05, 0.1) is 4.92 Å². The number of hydrogen-bond donors (Lipinski definition) is 2. The minimum atomic E-state index is -0.430. The fourth-order valence-electron chi connectivity index (χ4n) is 2.86. The van der Waals surface area contributed by atoms with E-state index in [-0.39, 0.29) is 23.4 Å². The van der Waals surface area contributed by atoms with Gasteiger partial charge in [0.2, 0.25) is 11.6 Å². The third kappa shape index (κ3) is 4.11. The molecule has 0 aliphatic heterocycles. The first-order valence-electron chi connectivity index (χ1n) is 7.92. The first kappa shape index (κ1) is 16.9. The molecule has 0 spiro atoms. The van der Waals surface area contributed by atoms with Crippen LogP contribution in [-0.2, 0) is 0 Å². The Hall–Kier alpha value is -1.97. The highest BCUT2D eigenvalue weighted by Gasteiger charge is 2.25. The average Bonchev–Trinajstić information content (AvgIpc) is 2.58. The number of rotatable bonds is 5. The standard InChI is InChI=1S/C16H18IN5O2/c17-11-6-8-13(9-7-11)21-16-14(22(23)24)15(18-10-19-16)20-12-4-2-1-3-5-12/h6-10,12H,1-5H2,(H2,18,19,20,21). The van der Waals surface area contributed by atoms with Crippen molar-refractivity contribution in [3.05, 3.63) is 44.3 Å². The molecule has 126 valence electrons. The summed E-state index contributed by atoms with van der Waals surface area (Å²) >= 11 is 2.21. The van der Waals surface area contributed by atoms with Crippen molar-refractivity contribution < 1.29 is 4.92 Å². The lowest BCUT2D eigenvalue weighted by molar-refractivity contribution is -0.383. The van der Waals surface area contributed by atoms with E-state index in [9.17, 15) is 10.1 Å². The van der Waals surface area contributed by atoms with Gasteiger partial charge in [0.25, 0.3) is 0 Å². The minimum absolute atomic E-state index is 0.110. The molecule has 1 saturated carbocycles. The molecule has 2 N–H and O–H groups in total. The number of anilines is 3. The highest BCUT2D eigenvalue weighted by molar-refractivity contribution is 14.1. The van der Waals surface area contributed by atoms with Crippen molar-refractivity contribution in [1.29, 1.82) is 0 Å². The molecule has 0 amide bonds. The Kier molecular flexibility index (Phi) is 5.44. The van der Waals surface area contributed by atoms with E-state index in [1.54, 1.807) is 0 Å². The van der Waals surface area contributed by atoms with Crippen LogP contribution in [0.5, 0.6) is 0 Å². The molecule has 1 aliphatic rings. The topological polar surface area (TPSA) is 93.0 Å². The third-order valence-electron chi connectivity index (χ3n) is 4.06. The molecule has 1 aromatic carbocycles. The summed E-state index contributed by atoms with van der Waals surface area (Å²) in [6, 6.07) is 7.82. The highest BCUT2D eigenvalue weighted by Crippen LogP contribution is 2.33. The Bertz CT molecular complexity index is 717. The number of nitrogens with one attached hydrogen (secondary N) is 2. The Balaban J connectivity index is 1.86. The molecule has 3 rings (SSSR count).